The van der Waals surface area contributed by atoms with Gasteiger partial charge in [0.15, 0.2) is 0 Å². The predicted molar refractivity (Wildman–Crippen MR) is 83.0 cm³/mol. The first kappa shape index (κ1) is 15.0. The normalized spacial score (nSPS) is 10.7. The number of hydrogen-bond donors (Lipinski definition) is 2. The van der Waals surface area contributed by atoms with Gasteiger partial charge in [0.2, 0.25) is 5.91 Å². The molecule has 1 aromatic carbocycles. The molecule has 0 aliphatic heterocycles. The number of carbonyl (C=O) groups is 2. The van der Waals surface area contributed by atoms with E-state index < -0.39 is 5.97 Å². The van der Waals surface area contributed by atoms with Gasteiger partial charge >= 0.3 is 5.97 Å². The highest BCUT2D eigenvalue weighted by Gasteiger charge is 2.06. The maximum atomic E-state index is 11.9. The smallest absolute Gasteiger partial charge is 0.328 e. The average Bonchev–Trinajstić information content (AvgIpc) is 2.91. The summed E-state index contributed by atoms with van der Waals surface area (Å²) in [4.78, 5) is 23.3. The van der Waals surface area contributed by atoms with E-state index in [-0.39, 0.29) is 5.91 Å². The van der Waals surface area contributed by atoms with Gasteiger partial charge in [-0.15, -0.1) is 11.3 Å². The molecule has 0 bridgehead atoms. The monoisotopic (exact) mass is 301 g/mol. The number of rotatable bonds is 6. The molecule has 108 valence electrons. The second-order valence-electron chi connectivity index (χ2n) is 4.41. The number of benzene rings is 1. The van der Waals surface area contributed by atoms with Crippen LogP contribution in [0.25, 0.3) is 6.08 Å². The molecule has 0 aliphatic carbocycles. The minimum atomic E-state index is -0.986. The number of carbonyl (C=O) groups excluding carboxylic acids is 1. The minimum absolute atomic E-state index is 0.0530. The second-order valence-corrected chi connectivity index (χ2v) is 5.41. The third-order valence-electron chi connectivity index (χ3n) is 2.84. The molecule has 2 rings (SSSR count). The average molecular weight is 301 g/mol. The number of carboxylic acid groups (broad SMARTS) is 1. The lowest BCUT2D eigenvalue weighted by atomic mass is 10.1. The summed E-state index contributed by atoms with van der Waals surface area (Å²) in [5.74, 6) is -1.04. The van der Waals surface area contributed by atoms with Crippen LogP contribution in [0, 0.1) is 0 Å². The van der Waals surface area contributed by atoms with Gasteiger partial charge < -0.3 is 10.4 Å². The van der Waals surface area contributed by atoms with Gasteiger partial charge in [-0.2, -0.15) is 0 Å². The van der Waals surface area contributed by atoms with E-state index >= 15 is 0 Å². The van der Waals surface area contributed by atoms with E-state index in [9.17, 15) is 9.59 Å². The molecule has 21 heavy (non-hydrogen) atoms. The van der Waals surface area contributed by atoms with Crippen molar-refractivity contribution in [2.75, 3.05) is 0 Å². The summed E-state index contributed by atoms with van der Waals surface area (Å²) in [7, 11) is 0. The summed E-state index contributed by atoms with van der Waals surface area (Å²) in [5.41, 5.74) is 1.79. The van der Waals surface area contributed by atoms with Crippen LogP contribution in [0.1, 0.15) is 16.0 Å². The molecule has 0 saturated heterocycles. The molecule has 0 spiro atoms. The molecule has 1 heterocycles. The van der Waals surface area contributed by atoms with Crippen molar-refractivity contribution < 1.29 is 14.7 Å². The third kappa shape index (κ3) is 4.89. The summed E-state index contributed by atoms with van der Waals surface area (Å²) >= 11 is 1.49. The van der Waals surface area contributed by atoms with Gasteiger partial charge in [-0.1, -0.05) is 30.3 Å². The highest BCUT2D eigenvalue weighted by Crippen LogP contribution is 2.18. The van der Waals surface area contributed by atoms with Gasteiger partial charge in [0.1, 0.15) is 0 Å². The Balaban J connectivity index is 1.90. The largest absolute Gasteiger partial charge is 0.478 e. The molecule has 2 aromatic rings. The van der Waals surface area contributed by atoms with Crippen LogP contribution < -0.4 is 5.32 Å². The Labute approximate surface area is 126 Å². The Kier molecular flexibility index (Phi) is 5.29. The quantitative estimate of drug-likeness (QED) is 0.806. The summed E-state index contributed by atoms with van der Waals surface area (Å²) in [6, 6.07) is 11.4. The molecule has 0 unspecified atom stereocenters. The molecule has 0 saturated carbocycles. The van der Waals surface area contributed by atoms with Crippen molar-refractivity contribution in [3.8, 4) is 0 Å². The number of carboxylic acids is 1. The molecular weight excluding hydrogens is 286 g/mol. The fraction of sp³-hybridized carbons (Fsp3) is 0.125. The zero-order chi connectivity index (χ0) is 15.1. The summed E-state index contributed by atoms with van der Waals surface area (Å²) in [6.07, 6.45) is 2.97. The molecule has 4 nitrogen and oxygen atoms in total. The predicted octanol–water partition coefficient (Wildman–Crippen LogP) is 2.70. The van der Waals surface area contributed by atoms with Crippen molar-refractivity contribution in [2.24, 2.45) is 0 Å². The Morgan fingerprint density at radius 2 is 1.95 bits per heavy atom. The maximum absolute atomic E-state index is 11.9. The lowest BCUT2D eigenvalue weighted by molar-refractivity contribution is -0.131. The van der Waals surface area contributed by atoms with Gasteiger partial charge in [-0.3, -0.25) is 4.79 Å². The standard InChI is InChI=1S/C16H15NO3S/c18-15(10-12-4-2-1-3-5-12)17-11-14-13(8-9-21-14)6-7-16(19)20/h1-9H,10-11H2,(H,17,18)(H,19,20)/b7-6+. The number of hydrogen-bond acceptors (Lipinski definition) is 3. The van der Waals surface area contributed by atoms with E-state index in [1.807, 2.05) is 41.8 Å². The van der Waals surface area contributed by atoms with E-state index in [1.54, 1.807) is 0 Å². The van der Waals surface area contributed by atoms with Crippen LogP contribution in [0.3, 0.4) is 0 Å². The van der Waals surface area contributed by atoms with E-state index in [0.717, 1.165) is 22.1 Å². The molecule has 1 amide bonds. The molecule has 1 aromatic heterocycles. The molecule has 0 atom stereocenters. The highest BCUT2D eigenvalue weighted by atomic mass is 32.1. The minimum Gasteiger partial charge on any atom is -0.478 e. The van der Waals surface area contributed by atoms with Crippen molar-refractivity contribution in [3.05, 3.63) is 63.9 Å². The van der Waals surface area contributed by atoms with Gasteiger partial charge in [0, 0.05) is 11.0 Å². The zero-order valence-corrected chi connectivity index (χ0v) is 12.1. The van der Waals surface area contributed by atoms with Crippen molar-refractivity contribution in [2.45, 2.75) is 13.0 Å². The number of thiophene rings is 1. The van der Waals surface area contributed by atoms with Crippen LogP contribution in [0.4, 0.5) is 0 Å². The number of amides is 1. The first-order chi connectivity index (χ1) is 10.1. The molecule has 2 N–H and O–H groups in total. The zero-order valence-electron chi connectivity index (χ0n) is 11.3. The van der Waals surface area contributed by atoms with E-state index in [1.165, 1.54) is 17.4 Å². The van der Waals surface area contributed by atoms with Gasteiger partial charge in [0.05, 0.1) is 13.0 Å². The molecule has 5 heteroatoms. The Hall–Kier alpha value is -2.40. The van der Waals surface area contributed by atoms with Crippen molar-refractivity contribution >= 4 is 29.3 Å². The summed E-state index contributed by atoms with van der Waals surface area (Å²) < 4.78 is 0. The van der Waals surface area contributed by atoms with Crippen LogP contribution in [0.5, 0.6) is 0 Å². The fourth-order valence-electron chi connectivity index (χ4n) is 1.83. The highest BCUT2D eigenvalue weighted by molar-refractivity contribution is 7.10. The van der Waals surface area contributed by atoms with E-state index in [0.29, 0.717) is 13.0 Å². The van der Waals surface area contributed by atoms with Gasteiger partial charge in [-0.05, 0) is 28.6 Å². The SMILES string of the molecule is O=C(O)/C=C/c1ccsc1CNC(=O)Cc1ccccc1. The summed E-state index contributed by atoms with van der Waals surface area (Å²) in [5, 5.41) is 13.4. The van der Waals surface area contributed by atoms with Crippen molar-refractivity contribution in [1.82, 2.24) is 5.32 Å². The Morgan fingerprint density at radius 1 is 1.19 bits per heavy atom. The Bertz CT molecular complexity index is 647. The molecular formula is C16H15NO3S. The van der Waals surface area contributed by atoms with E-state index in [4.69, 9.17) is 5.11 Å². The van der Waals surface area contributed by atoms with Crippen LogP contribution in [-0.4, -0.2) is 17.0 Å². The van der Waals surface area contributed by atoms with Crippen LogP contribution in [0.2, 0.25) is 0 Å². The van der Waals surface area contributed by atoms with Crippen LogP contribution in [-0.2, 0) is 22.6 Å². The Morgan fingerprint density at radius 3 is 2.67 bits per heavy atom. The van der Waals surface area contributed by atoms with Crippen molar-refractivity contribution in [3.63, 3.8) is 0 Å². The molecule has 0 aliphatic rings. The van der Waals surface area contributed by atoms with Crippen LogP contribution >= 0.6 is 11.3 Å². The van der Waals surface area contributed by atoms with Crippen LogP contribution in [0.15, 0.2) is 47.9 Å². The van der Waals surface area contributed by atoms with Gasteiger partial charge in [0.25, 0.3) is 0 Å². The second kappa shape index (κ2) is 7.40. The van der Waals surface area contributed by atoms with Crippen molar-refractivity contribution in [1.29, 1.82) is 0 Å². The first-order valence-electron chi connectivity index (χ1n) is 6.43. The number of aliphatic carboxylic acids is 1. The third-order valence-corrected chi connectivity index (χ3v) is 3.78. The topological polar surface area (TPSA) is 66.4 Å². The lowest BCUT2D eigenvalue weighted by Gasteiger charge is -2.05. The first-order valence-corrected chi connectivity index (χ1v) is 7.31. The molecule has 0 radical (unpaired) electrons. The van der Waals surface area contributed by atoms with Gasteiger partial charge in [-0.25, -0.2) is 4.79 Å². The fourth-order valence-corrected chi connectivity index (χ4v) is 2.63. The van der Waals surface area contributed by atoms with E-state index in [2.05, 4.69) is 5.32 Å². The summed E-state index contributed by atoms with van der Waals surface area (Å²) in [6.45, 7) is 0.405. The maximum Gasteiger partial charge on any atom is 0.328 e. The number of nitrogens with one attached hydrogen (secondary N) is 1. The lowest BCUT2D eigenvalue weighted by Crippen LogP contribution is -2.24. The molecule has 0 fully saturated rings.